The van der Waals surface area contributed by atoms with Crippen molar-refractivity contribution >= 4 is 35.0 Å². The van der Waals surface area contributed by atoms with Gasteiger partial charge in [-0.1, -0.05) is 36.0 Å². The number of amides is 1. The number of aromatic nitrogens is 2. The van der Waals surface area contributed by atoms with Gasteiger partial charge in [0.05, 0.1) is 30.4 Å². The summed E-state index contributed by atoms with van der Waals surface area (Å²) in [6.45, 7) is 5.21. The first-order valence-corrected chi connectivity index (χ1v) is 15.4. The van der Waals surface area contributed by atoms with Gasteiger partial charge >= 0.3 is 12.1 Å². The molecule has 0 aliphatic carbocycles. The second-order valence-corrected chi connectivity index (χ2v) is 12.9. The van der Waals surface area contributed by atoms with Crippen LogP contribution < -0.4 is 10.6 Å². The van der Waals surface area contributed by atoms with Crippen molar-refractivity contribution in [3.63, 3.8) is 0 Å². The number of carbonyl (C=O) groups is 2. The number of rotatable bonds is 8. The quantitative estimate of drug-likeness (QED) is 0.360. The Bertz CT molecular complexity index is 1600. The number of hydroxylamine groups is 2. The minimum absolute atomic E-state index is 0.203. The molecule has 238 valence electrons. The molecule has 1 amide bonds. The molecule has 2 N–H and O–H groups in total. The summed E-state index contributed by atoms with van der Waals surface area (Å²) in [6.07, 6.45) is -0.829. The predicted molar refractivity (Wildman–Crippen MR) is 162 cm³/mol. The molecular formula is C31H33F3N6O4S. The third-order valence-electron chi connectivity index (χ3n) is 7.71. The van der Waals surface area contributed by atoms with Crippen LogP contribution in [-0.2, 0) is 32.1 Å². The number of nitrogens with zero attached hydrogens (tertiary/aromatic N) is 4. The molecule has 3 aliphatic rings. The Hall–Kier alpha value is -4.01. The maximum Gasteiger partial charge on any atom is 0.493 e. The first-order valence-electron chi connectivity index (χ1n) is 14.5. The number of carbonyl (C=O) groups excluding carboxylic acids is 2. The molecule has 2 atom stereocenters. The fourth-order valence-corrected chi connectivity index (χ4v) is 7.09. The largest absolute Gasteiger partial charge is 0.493 e. The number of thioether (sulfide) groups is 1. The summed E-state index contributed by atoms with van der Waals surface area (Å²) in [6, 6.07) is 17.6. The van der Waals surface area contributed by atoms with Crippen molar-refractivity contribution < 1.29 is 32.3 Å². The Kier molecular flexibility index (Phi) is 8.55. The smallest absolute Gasteiger partial charge is 0.378 e. The average Bonchev–Trinajstić information content (AvgIpc) is 3.61. The molecule has 3 aromatic rings. The number of morpholine rings is 1. The van der Waals surface area contributed by atoms with Crippen molar-refractivity contribution in [2.45, 2.75) is 56.5 Å². The molecule has 14 heteroatoms. The Morgan fingerprint density at radius 3 is 2.60 bits per heavy atom. The van der Waals surface area contributed by atoms with Gasteiger partial charge in [0, 0.05) is 48.3 Å². The molecule has 0 radical (unpaired) electrons. The van der Waals surface area contributed by atoms with Crippen molar-refractivity contribution in [3.8, 4) is 0 Å². The first kappa shape index (κ1) is 31.0. The van der Waals surface area contributed by atoms with Crippen LogP contribution >= 0.6 is 11.8 Å². The van der Waals surface area contributed by atoms with E-state index >= 15 is 0 Å². The molecule has 0 bridgehead atoms. The number of benzene rings is 2. The highest BCUT2D eigenvalue weighted by Crippen LogP contribution is 2.46. The summed E-state index contributed by atoms with van der Waals surface area (Å²) in [7, 11) is 0. The zero-order chi connectivity index (χ0) is 31.8. The average molecular weight is 643 g/mol. The van der Waals surface area contributed by atoms with Crippen LogP contribution in [0.4, 0.5) is 24.5 Å². The molecule has 1 saturated heterocycles. The zero-order valence-corrected chi connectivity index (χ0v) is 25.5. The maximum absolute atomic E-state index is 13.3. The van der Waals surface area contributed by atoms with Crippen molar-refractivity contribution in [1.29, 1.82) is 0 Å². The molecule has 2 unspecified atom stereocenters. The number of hydrogen-bond donors (Lipinski definition) is 2. The lowest BCUT2D eigenvalue weighted by Crippen LogP contribution is -2.56. The van der Waals surface area contributed by atoms with Gasteiger partial charge in [-0.3, -0.25) is 14.4 Å². The zero-order valence-electron chi connectivity index (χ0n) is 24.7. The number of nitrogens with one attached hydrogen (secondary N) is 2. The van der Waals surface area contributed by atoms with Gasteiger partial charge in [0.15, 0.2) is 5.50 Å². The van der Waals surface area contributed by atoms with E-state index in [0.29, 0.717) is 32.7 Å². The van der Waals surface area contributed by atoms with Crippen LogP contribution in [0, 0.1) is 0 Å². The number of halogens is 3. The maximum atomic E-state index is 13.3. The third-order valence-corrected chi connectivity index (χ3v) is 9.04. The molecule has 4 heterocycles. The van der Waals surface area contributed by atoms with E-state index in [-0.39, 0.29) is 23.1 Å². The van der Waals surface area contributed by atoms with Gasteiger partial charge in [-0.15, -0.1) is 0 Å². The van der Waals surface area contributed by atoms with E-state index in [0.717, 1.165) is 39.3 Å². The number of hydrogen-bond acceptors (Lipinski definition) is 9. The summed E-state index contributed by atoms with van der Waals surface area (Å²) in [5.41, 5.74) is 2.53. The van der Waals surface area contributed by atoms with E-state index in [2.05, 4.69) is 21.8 Å². The minimum atomic E-state index is -5.19. The van der Waals surface area contributed by atoms with Crippen molar-refractivity contribution in [2.75, 3.05) is 25.1 Å². The van der Waals surface area contributed by atoms with E-state index in [4.69, 9.17) is 9.57 Å². The summed E-state index contributed by atoms with van der Waals surface area (Å²) in [4.78, 5) is 32.2. The first-order chi connectivity index (χ1) is 21.4. The molecule has 6 rings (SSSR count). The van der Waals surface area contributed by atoms with E-state index in [1.54, 1.807) is 20.0 Å². The van der Waals surface area contributed by atoms with E-state index in [9.17, 15) is 22.8 Å². The Morgan fingerprint density at radius 2 is 1.89 bits per heavy atom. The van der Waals surface area contributed by atoms with Crippen LogP contribution in [-0.4, -0.2) is 74.6 Å². The van der Waals surface area contributed by atoms with Crippen molar-refractivity contribution in [1.82, 2.24) is 25.1 Å². The normalized spacial score (nSPS) is 21.8. The molecule has 1 fully saturated rings. The van der Waals surface area contributed by atoms with Crippen molar-refractivity contribution in [2.24, 2.45) is 0 Å². The Balaban J connectivity index is 1.20. The van der Waals surface area contributed by atoms with E-state index in [1.807, 2.05) is 64.3 Å². The van der Waals surface area contributed by atoms with Gasteiger partial charge in [0.25, 0.3) is 5.91 Å². The lowest BCUT2D eigenvalue weighted by atomic mass is 9.94. The fraction of sp³-hybridized carbons (Fsp3) is 0.387. The third kappa shape index (κ3) is 7.13. The van der Waals surface area contributed by atoms with Gasteiger partial charge in [0.1, 0.15) is 0 Å². The summed E-state index contributed by atoms with van der Waals surface area (Å²) < 4.78 is 47.7. The van der Waals surface area contributed by atoms with Gasteiger partial charge < -0.3 is 20.2 Å². The molecule has 1 aromatic heterocycles. The second kappa shape index (κ2) is 12.4. The van der Waals surface area contributed by atoms with Crippen molar-refractivity contribution in [3.05, 3.63) is 88.7 Å². The van der Waals surface area contributed by atoms with Crippen LogP contribution in [0.3, 0.4) is 0 Å². The molecule has 45 heavy (non-hydrogen) atoms. The second-order valence-electron chi connectivity index (χ2n) is 11.8. The summed E-state index contributed by atoms with van der Waals surface area (Å²) in [5, 5.41) is 11.6. The number of anilines is 2. The highest BCUT2D eigenvalue weighted by molar-refractivity contribution is 8.04. The topological polar surface area (TPSA) is 101 Å². The molecule has 10 nitrogen and oxygen atoms in total. The fourth-order valence-electron chi connectivity index (χ4n) is 5.75. The molecule has 2 aromatic carbocycles. The van der Waals surface area contributed by atoms with Gasteiger partial charge in [0.2, 0.25) is 0 Å². The SMILES string of the molecule is CC1(C)CC2=C(SC(N3CCOCC3Cc3cccc(Nc4cccc(Cn5cccn5)c4)c3)N2OC(=O)C(F)(F)F)C(=O)N1. The van der Waals surface area contributed by atoms with Gasteiger partial charge in [-0.2, -0.15) is 23.3 Å². The van der Waals surface area contributed by atoms with Crippen LogP contribution in [0.2, 0.25) is 0 Å². The van der Waals surface area contributed by atoms with E-state index in [1.165, 1.54) is 0 Å². The number of ether oxygens (including phenoxy) is 1. The van der Waals surface area contributed by atoms with Crippen LogP contribution in [0.25, 0.3) is 0 Å². The number of alkyl halides is 3. The monoisotopic (exact) mass is 642 g/mol. The van der Waals surface area contributed by atoms with Crippen LogP contribution in [0.1, 0.15) is 31.4 Å². The summed E-state index contributed by atoms with van der Waals surface area (Å²) in [5.74, 6) is -2.73. The Morgan fingerprint density at radius 1 is 1.16 bits per heavy atom. The van der Waals surface area contributed by atoms with Crippen LogP contribution in [0.15, 0.2) is 77.6 Å². The molecule has 0 spiro atoms. The molecule has 3 aliphatic heterocycles. The molecule has 0 saturated carbocycles. The Labute approximate surface area is 262 Å². The highest BCUT2D eigenvalue weighted by Gasteiger charge is 2.51. The van der Waals surface area contributed by atoms with Crippen LogP contribution in [0.5, 0.6) is 0 Å². The predicted octanol–water partition coefficient (Wildman–Crippen LogP) is 4.78. The minimum Gasteiger partial charge on any atom is -0.378 e. The van der Waals surface area contributed by atoms with Gasteiger partial charge in [-0.25, -0.2) is 4.79 Å². The standard InChI is InChI=1S/C31H33F3N6O4S/c1-30(2)17-25-26(27(41)37-30)45-29(40(25)44-28(42)31(32,33)34)39-12-13-43-19-24(39)16-20-6-3-8-22(14-20)36-23-9-4-7-21(15-23)18-38-11-5-10-35-38/h3-11,14-15,24,29,36H,12-13,16-19H2,1-2H3,(H,37,41). The van der Waals surface area contributed by atoms with E-state index < -0.39 is 29.1 Å². The highest BCUT2D eigenvalue weighted by atomic mass is 32.2. The lowest BCUT2D eigenvalue weighted by Gasteiger charge is -2.42. The van der Waals surface area contributed by atoms with Gasteiger partial charge in [-0.05, 0) is 61.7 Å². The lowest BCUT2D eigenvalue weighted by molar-refractivity contribution is -0.243. The molecular weight excluding hydrogens is 609 g/mol. The summed E-state index contributed by atoms with van der Waals surface area (Å²) >= 11 is 1.09.